The normalized spacial score (nSPS) is 16.6. The number of rotatable bonds is 5. The number of carbonyl (C=O) groups is 2. The molecule has 1 aliphatic rings. The van der Waals surface area contributed by atoms with Crippen LogP contribution in [0.4, 0.5) is 5.69 Å². The van der Waals surface area contributed by atoms with Crippen molar-refractivity contribution >= 4 is 63.5 Å². The lowest BCUT2D eigenvalue weighted by molar-refractivity contribution is -0.384. The summed E-state index contributed by atoms with van der Waals surface area (Å²) < 4.78 is 5.75. The van der Waals surface area contributed by atoms with Crippen LogP contribution in [0.2, 0.25) is 5.02 Å². The van der Waals surface area contributed by atoms with Gasteiger partial charge in [-0.15, -0.1) is 0 Å². The van der Waals surface area contributed by atoms with Gasteiger partial charge in [-0.2, -0.15) is 0 Å². The summed E-state index contributed by atoms with van der Waals surface area (Å²) in [6.07, 6.45) is 1.42. The lowest BCUT2D eigenvalue weighted by Crippen LogP contribution is -2.41. The summed E-state index contributed by atoms with van der Waals surface area (Å²) in [7, 11) is 0. The lowest BCUT2D eigenvalue weighted by Gasteiger charge is -2.18. The third-order valence-electron chi connectivity index (χ3n) is 3.89. The minimum atomic E-state index is -1.17. The standard InChI is InChI=1S/C17H11ClN2O6S2/c1-8(16(22)23)19-15(21)14(28-17(19)27)7-10-3-5-13(26-10)11-4-2-9(18)6-12(11)20(24)25/h2-8H,1H3,(H,22,23)/b14-7-/t8-/m0/s1. The van der Waals surface area contributed by atoms with Crippen LogP contribution in [0.3, 0.4) is 0 Å². The first-order valence-electron chi connectivity index (χ1n) is 7.73. The van der Waals surface area contributed by atoms with Crippen LogP contribution in [0.1, 0.15) is 12.7 Å². The van der Waals surface area contributed by atoms with Crippen molar-refractivity contribution in [3.8, 4) is 11.3 Å². The van der Waals surface area contributed by atoms with Crippen LogP contribution < -0.4 is 0 Å². The monoisotopic (exact) mass is 438 g/mol. The van der Waals surface area contributed by atoms with Crippen LogP contribution in [-0.4, -0.2) is 37.2 Å². The maximum atomic E-state index is 12.5. The Hall–Kier alpha value is -2.69. The summed E-state index contributed by atoms with van der Waals surface area (Å²) in [5, 5.41) is 20.6. The van der Waals surface area contributed by atoms with Crippen molar-refractivity contribution < 1.29 is 24.0 Å². The van der Waals surface area contributed by atoms with E-state index in [2.05, 4.69) is 0 Å². The summed E-state index contributed by atoms with van der Waals surface area (Å²) >= 11 is 11.9. The minimum absolute atomic E-state index is 0.131. The Morgan fingerprint density at radius 1 is 1.43 bits per heavy atom. The van der Waals surface area contributed by atoms with Crippen LogP contribution >= 0.6 is 35.6 Å². The van der Waals surface area contributed by atoms with E-state index in [4.69, 9.17) is 33.3 Å². The average molecular weight is 439 g/mol. The second-order valence-corrected chi connectivity index (χ2v) is 7.80. The fraction of sp³-hybridized carbons (Fsp3) is 0.118. The number of carboxylic acid groups (broad SMARTS) is 1. The summed E-state index contributed by atoms with van der Waals surface area (Å²) in [5.41, 5.74) is 0.0242. The number of furan rings is 1. The van der Waals surface area contributed by atoms with Gasteiger partial charge in [-0.1, -0.05) is 35.6 Å². The van der Waals surface area contributed by atoms with Crippen LogP contribution in [0.15, 0.2) is 39.7 Å². The zero-order chi connectivity index (χ0) is 20.6. The number of benzene rings is 1. The molecule has 2 aromatic rings. The summed E-state index contributed by atoms with van der Waals surface area (Å²) in [5.74, 6) is -1.22. The molecule has 1 atom stereocenters. The molecule has 8 nitrogen and oxygen atoms in total. The molecule has 1 fully saturated rings. The fourth-order valence-electron chi connectivity index (χ4n) is 2.49. The molecule has 144 valence electrons. The van der Waals surface area contributed by atoms with Crippen molar-refractivity contribution in [3.05, 3.63) is 56.1 Å². The molecule has 0 radical (unpaired) electrons. The first kappa shape index (κ1) is 20.1. The molecule has 1 N–H and O–H groups in total. The summed E-state index contributed by atoms with van der Waals surface area (Å²) in [6, 6.07) is 6.17. The first-order chi connectivity index (χ1) is 13.2. The molecule has 1 aromatic carbocycles. The van der Waals surface area contributed by atoms with Gasteiger partial charge in [-0.25, -0.2) is 4.79 Å². The van der Waals surface area contributed by atoms with Gasteiger partial charge in [-0.3, -0.25) is 19.8 Å². The smallest absolute Gasteiger partial charge is 0.326 e. The Labute approximate surface area is 172 Å². The van der Waals surface area contributed by atoms with E-state index >= 15 is 0 Å². The second kappa shape index (κ2) is 7.74. The van der Waals surface area contributed by atoms with Gasteiger partial charge in [0.1, 0.15) is 21.9 Å². The number of thiocarbonyl (C=S) groups is 1. The predicted molar refractivity (Wildman–Crippen MR) is 108 cm³/mol. The highest BCUT2D eigenvalue weighted by atomic mass is 35.5. The van der Waals surface area contributed by atoms with Crippen LogP contribution in [-0.2, 0) is 9.59 Å². The van der Waals surface area contributed by atoms with Gasteiger partial charge >= 0.3 is 5.97 Å². The van der Waals surface area contributed by atoms with Crippen molar-refractivity contribution in [1.29, 1.82) is 0 Å². The number of hydrogen-bond donors (Lipinski definition) is 1. The van der Waals surface area contributed by atoms with Gasteiger partial charge in [0.15, 0.2) is 0 Å². The van der Waals surface area contributed by atoms with Gasteiger partial charge in [0.2, 0.25) is 0 Å². The number of thioether (sulfide) groups is 1. The van der Waals surface area contributed by atoms with E-state index in [0.717, 1.165) is 16.7 Å². The molecule has 0 spiro atoms. The summed E-state index contributed by atoms with van der Waals surface area (Å²) in [4.78, 5) is 35.5. The topological polar surface area (TPSA) is 114 Å². The number of nitro groups is 1. The summed E-state index contributed by atoms with van der Waals surface area (Å²) in [6.45, 7) is 1.36. The molecule has 11 heteroatoms. The quantitative estimate of drug-likeness (QED) is 0.320. The largest absolute Gasteiger partial charge is 0.480 e. The van der Waals surface area contributed by atoms with Gasteiger partial charge in [0.05, 0.1) is 15.4 Å². The molecule has 1 aromatic heterocycles. The van der Waals surface area contributed by atoms with Gasteiger partial charge in [0, 0.05) is 17.2 Å². The maximum absolute atomic E-state index is 12.5. The molecule has 3 rings (SSSR count). The Morgan fingerprint density at radius 3 is 2.79 bits per heavy atom. The molecule has 2 heterocycles. The minimum Gasteiger partial charge on any atom is -0.480 e. The van der Waals surface area contributed by atoms with Gasteiger partial charge in [-0.05, 0) is 31.2 Å². The van der Waals surface area contributed by atoms with Gasteiger partial charge < -0.3 is 9.52 Å². The SMILES string of the molecule is C[C@@H](C(=O)O)N1C(=O)/C(=C/c2ccc(-c3ccc(Cl)cc3[N+](=O)[O-])o2)SC1=S. The molecule has 0 saturated carbocycles. The number of nitrogens with zero attached hydrogens (tertiary/aromatic N) is 2. The zero-order valence-corrected chi connectivity index (χ0v) is 16.5. The molecular formula is C17H11ClN2O6S2. The van der Waals surface area contributed by atoms with Crippen molar-refractivity contribution in [2.24, 2.45) is 0 Å². The van der Waals surface area contributed by atoms with Gasteiger partial charge in [0.25, 0.3) is 11.6 Å². The number of halogens is 1. The Kier molecular flexibility index (Phi) is 5.54. The molecule has 0 bridgehead atoms. The highest BCUT2D eigenvalue weighted by Crippen LogP contribution is 2.36. The molecule has 28 heavy (non-hydrogen) atoms. The molecule has 1 saturated heterocycles. The van der Waals surface area contributed by atoms with E-state index in [0.29, 0.717) is 0 Å². The van der Waals surface area contributed by atoms with Crippen molar-refractivity contribution in [1.82, 2.24) is 4.90 Å². The molecule has 1 aliphatic heterocycles. The number of amides is 1. The third-order valence-corrected chi connectivity index (χ3v) is 5.46. The van der Waals surface area contributed by atoms with Crippen molar-refractivity contribution in [3.63, 3.8) is 0 Å². The number of carboxylic acids is 1. The predicted octanol–water partition coefficient (Wildman–Crippen LogP) is 4.18. The Morgan fingerprint density at radius 2 is 2.14 bits per heavy atom. The van der Waals surface area contributed by atoms with E-state index in [1.54, 1.807) is 6.07 Å². The van der Waals surface area contributed by atoms with E-state index < -0.39 is 22.8 Å². The lowest BCUT2D eigenvalue weighted by atomic mass is 10.1. The highest BCUT2D eigenvalue weighted by Gasteiger charge is 2.38. The molecule has 0 aliphatic carbocycles. The molecule has 1 amide bonds. The van der Waals surface area contributed by atoms with Crippen LogP contribution in [0.5, 0.6) is 0 Å². The van der Waals surface area contributed by atoms with Crippen LogP contribution in [0, 0.1) is 10.1 Å². The van der Waals surface area contributed by atoms with E-state index in [1.807, 2.05) is 0 Å². The van der Waals surface area contributed by atoms with E-state index in [-0.39, 0.29) is 37.0 Å². The highest BCUT2D eigenvalue weighted by molar-refractivity contribution is 8.26. The second-order valence-electron chi connectivity index (χ2n) is 5.69. The number of carbonyl (C=O) groups excluding carboxylic acids is 1. The zero-order valence-electron chi connectivity index (χ0n) is 14.1. The van der Waals surface area contributed by atoms with E-state index in [9.17, 15) is 19.7 Å². The Balaban J connectivity index is 1.92. The third kappa shape index (κ3) is 3.79. The fourth-order valence-corrected chi connectivity index (χ4v) is 4.06. The van der Waals surface area contributed by atoms with Crippen LogP contribution in [0.25, 0.3) is 17.4 Å². The van der Waals surface area contributed by atoms with Crippen molar-refractivity contribution in [2.45, 2.75) is 13.0 Å². The Bertz CT molecular complexity index is 1050. The number of aliphatic carboxylic acids is 1. The first-order valence-corrected chi connectivity index (χ1v) is 9.33. The molecule has 0 unspecified atom stereocenters. The average Bonchev–Trinajstić information content (AvgIpc) is 3.19. The molecular weight excluding hydrogens is 428 g/mol. The number of nitro benzene ring substituents is 1. The van der Waals surface area contributed by atoms with E-state index in [1.165, 1.54) is 37.3 Å². The van der Waals surface area contributed by atoms with Crippen molar-refractivity contribution in [2.75, 3.05) is 0 Å². The number of hydrogen-bond acceptors (Lipinski definition) is 7. The maximum Gasteiger partial charge on any atom is 0.326 e.